The van der Waals surface area contributed by atoms with Gasteiger partial charge >= 0.3 is 0 Å². The summed E-state index contributed by atoms with van der Waals surface area (Å²) in [6, 6.07) is 0. The molecule has 0 aromatic heterocycles. The fraction of sp³-hybridized carbons (Fsp3) is 0.948. The molecule has 0 aromatic carbocycles. The highest BCUT2D eigenvalue weighted by atomic mass is 16.7. The van der Waals surface area contributed by atoms with Crippen LogP contribution in [0.25, 0.3) is 0 Å². The first-order valence-electron chi connectivity index (χ1n) is 30.9. The maximum absolute atomic E-state index is 12.8. The number of carbonyl (C=O) groups is 3. The lowest BCUT2D eigenvalue weighted by atomic mass is 9.79. The Morgan fingerprint density at radius 1 is 0.364 bits per heavy atom. The number of hydrogen-bond donors (Lipinski definition) is 12. The van der Waals surface area contributed by atoms with Crippen LogP contribution in [0, 0.1) is 28.6 Å². The third-order valence-corrected chi connectivity index (χ3v) is 15.0. The Morgan fingerprint density at radius 2 is 0.625 bits per heavy atom. The van der Waals surface area contributed by atoms with Crippen LogP contribution in [0.1, 0.15) is 73.6 Å². The predicted octanol–water partition coefficient (Wildman–Crippen LogP) is -3.26. The molecule has 30 heteroatoms. The number of aliphatic hydroxyl groups is 9. The molecule has 0 saturated carbocycles. The van der Waals surface area contributed by atoms with Crippen LogP contribution in [0.3, 0.4) is 0 Å². The van der Waals surface area contributed by atoms with Gasteiger partial charge in [0.1, 0.15) is 36.6 Å². The van der Waals surface area contributed by atoms with E-state index in [1.807, 2.05) is 0 Å². The first-order valence-corrected chi connectivity index (χ1v) is 30.9. The van der Waals surface area contributed by atoms with Crippen LogP contribution in [-0.4, -0.2) is 316 Å². The second-order valence-electron chi connectivity index (χ2n) is 23.5. The zero-order valence-corrected chi connectivity index (χ0v) is 52.7. The highest BCUT2D eigenvalue weighted by Crippen LogP contribution is 2.34. The molecule has 88 heavy (non-hydrogen) atoms. The van der Waals surface area contributed by atoms with Crippen LogP contribution < -0.4 is 16.0 Å². The topological polar surface area (TPSA) is 408 Å². The summed E-state index contributed by atoms with van der Waals surface area (Å²) in [6.07, 6.45) is -10.6. The molecule has 3 heterocycles. The Hall–Kier alpha value is -2.55. The minimum Gasteiger partial charge on any atom is -0.394 e. The second kappa shape index (κ2) is 45.7. The van der Waals surface area contributed by atoms with Crippen molar-refractivity contribution in [1.29, 1.82) is 0 Å². The number of amides is 3. The standard InChI is InChI=1S/C58H109N3O27/c1-39-48(68)51(71)42(33-62)86-54(39)83-30-27-77-24-21-74-18-12-59-45(65)7-15-80-36-58(11-10-57(4,5)6,37-81-16-8-46(66)60-13-19-75-22-25-78-28-31-84-55-40(2)49(69)52(72)43(34-63)87-55)38-82-17-9-47(67)61-14-20-76-23-26-79-29-32-85-56-41(3)50(70)53(73)44(35-64)88-56/h39-44,48-56,62-64,68-73H,7-38H2,1-6H3,(H,59,65)(H,60,66)(H,61,67)/t39-,40-,41-,42-,43-,44-,48-,49-,50-,51+,52+,53+,54-,55-,56?/m1/s1. The molecule has 518 valence electrons. The first kappa shape index (κ1) is 79.7. The fourth-order valence-electron chi connectivity index (χ4n) is 9.26. The molecule has 1 unspecified atom stereocenters. The number of ether oxygens (including phenoxy) is 15. The van der Waals surface area contributed by atoms with Crippen LogP contribution in [0.2, 0.25) is 0 Å². The van der Waals surface area contributed by atoms with E-state index in [1.165, 1.54) is 0 Å². The quantitative estimate of drug-likeness (QED) is 0.0266. The molecule has 3 aliphatic heterocycles. The lowest BCUT2D eigenvalue weighted by Crippen LogP contribution is -2.55. The summed E-state index contributed by atoms with van der Waals surface area (Å²) in [4.78, 5) is 38.4. The summed E-state index contributed by atoms with van der Waals surface area (Å²) in [5.41, 5.74) is -0.796. The number of carbonyl (C=O) groups excluding carboxylic acids is 3. The van der Waals surface area contributed by atoms with Crippen molar-refractivity contribution in [3.05, 3.63) is 0 Å². The molecular weight excluding hydrogens is 1170 g/mol. The lowest BCUT2D eigenvalue weighted by Gasteiger charge is -2.40. The van der Waals surface area contributed by atoms with Crippen molar-refractivity contribution < 1.29 is 131 Å². The van der Waals surface area contributed by atoms with E-state index in [4.69, 9.17) is 71.1 Å². The summed E-state index contributed by atoms with van der Waals surface area (Å²) in [7, 11) is 0. The zero-order valence-electron chi connectivity index (χ0n) is 52.7. The van der Waals surface area contributed by atoms with Crippen LogP contribution in [0.4, 0.5) is 0 Å². The van der Waals surface area contributed by atoms with Gasteiger partial charge in [0.2, 0.25) is 17.7 Å². The van der Waals surface area contributed by atoms with Crippen molar-refractivity contribution in [3.8, 4) is 0 Å². The number of nitrogens with one attached hydrogen (secondary N) is 3. The lowest BCUT2D eigenvalue weighted by molar-refractivity contribution is -0.284. The van der Waals surface area contributed by atoms with Crippen LogP contribution in [-0.2, 0) is 85.4 Å². The fourth-order valence-corrected chi connectivity index (χ4v) is 9.26. The normalized spacial score (nSPS) is 27.8. The summed E-state index contributed by atoms with van der Waals surface area (Å²) >= 11 is 0. The largest absolute Gasteiger partial charge is 0.394 e. The monoisotopic (exact) mass is 1280 g/mol. The number of rotatable bonds is 50. The van der Waals surface area contributed by atoms with E-state index in [0.717, 1.165) is 6.42 Å². The van der Waals surface area contributed by atoms with Crippen LogP contribution in [0.5, 0.6) is 0 Å². The van der Waals surface area contributed by atoms with Crippen molar-refractivity contribution in [2.45, 2.75) is 147 Å². The second-order valence-corrected chi connectivity index (χ2v) is 23.5. The molecular formula is C58H109N3O27. The third kappa shape index (κ3) is 31.9. The summed E-state index contributed by atoms with van der Waals surface area (Å²) in [6.45, 7) is 15.0. The molecule has 3 rings (SSSR count). The Kier molecular flexibility index (Phi) is 41.4. The van der Waals surface area contributed by atoms with E-state index in [-0.39, 0.29) is 201 Å². The molecule has 30 nitrogen and oxygen atoms in total. The van der Waals surface area contributed by atoms with Gasteiger partial charge in [-0.25, -0.2) is 0 Å². The van der Waals surface area contributed by atoms with Gasteiger partial charge in [0.05, 0.1) is 177 Å². The average Bonchev–Trinajstić information content (AvgIpc) is 3.18. The van der Waals surface area contributed by atoms with Gasteiger partial charge in [-0.1, -0.05) is 41.5 Å². The van der Waals surface area contributed by atoms with E-state index >= 15 is 0 Å². The Labute approximate surface area is 518 Å². The summed E-state index contributed by atoms with van der Waals surface area (Å²) in [5.74, 6) is -2.25. The minimum absolute atomic E-state index is 0.0700. The van der Waals surface area contributed by atoms with E-state index in [9.17, 15) is 60.3 Å². The number of aliphatic hydroxyl groups excluding tert-OH is 9. The van der Waals surface area contributed by atoms with Gasteiger partial charge in [0.25, 0.3) is 0 Å². The zero-order chi connectivity index (χ0) is 64.7. The van der Waals surface area contributed by atoms with Gasteiger partial charge in [-0.2, -0.15) is 0 Å². The molecule has 0 bridgehead atoms. The van der Waals surface area contributed by atoms with Gasteiger partial charge in [-0.15, -0.1) is 0 Å². The highest BCUT2D eigenvalue weighted by molar-refractivity contribution is 5.76. The summed E-state index contributed by atoms with van der Waals surface area (Å²) < 4.78 is 85.4. The van der Waals surface area contributed by atoms with Crippen molar-refractivity contribution in [2.75, 3.05) is 178 Å². The van der Waals surface area contributed by atoms with Crippen LogP contribution in [0.15, 0.2) is 0 Å². The summed E-state index contributed by atoms with van der Waals surface area (Å²) in [5, 5.41) is 97.4. The Balaban J connectivity index is 1.37. The van der Waals surface area contributed by atoms with Gasteiger partial charge in [0.15, 0.2) is 18.9 Å². The Morgan fingerprint density at radius 3 is 0.886 bits per heavy atom. The Bertz CT molecular complexity index is 1620. The molecule has 0 aromatic rings. The highest BCUT2D eigenvalue weighted by Gasteiger charge is 2.45. The number of hydrogen-bond acceptors (Lipinski definition) is 27. The van der Waals surface area contributed by atoms with Crippen molar-refractivity contribution in [3.63, 3.8) is 0 Å². The molecule has 12 N–H and O–H groups in total. The molecule has 0 aliphatic carbocycles. The van der Waals surface area contributed by atoms with E-state index in [1.54, 1.807) is 20.8 Å². The molecule has 0 radical (unpaired) electrons. The maximum Gasteiger partial charge on any atom is 0.222 e. The van der Waals surface area contributed by atoms with Gasteiger partial charge < -0.3 is 133 Å². The smallest absolute Gasteiger partial charge is 0.222 e. The van der Waals surface area contributed by atoms with Crippen molar-refractivity contribution >= 4 is 17.7 Å². The maximum atomic E-state index is 12.8. The first-order chi connectivity index (χ1) is 42.2. The predicted molar refractivity (Wildman–Crippen MR) is 310 cm³/mol. The van der Waals surface area contributed by atoms with Crippen molar-refractivity contribution in [1.82, 2.24) is 16.0 Å². The molecule has 3 saturated heterocycles. The van der Waals surface area contributed by atoms with E-state index in [2.05, 4.69) is 36.7 Å². The molecule has 3 fully saturated rings. The minimum atomic E-state index is -1.21. The van der Waals surface area contributed by atoms with Gasteiger partial charge in [-0.05, 0) is 18.3 Å². The third-order valence-electron chi connectivity index (χ3n) is 15.0. The molecule has 3 amide bonds. The molecule has 15 atom stereocenters. The molecule has 3 aliphatic rings. The van der Waals surface area contributed by atoms with Crippen LogP contribution >= 0.6 is 0 Å². The van der Waals surface area contributed by atoms with E-state index in [0.29, 0.717) is 6.42 Å². The molecule has 0 spiro atoms. The van der Waals surface area contributed by atoms with E-state index < -0.39 is 117 Å². The average molecular weight is 1280 g/mol. The van der Waals surface area contributed by atoms with Crippen molar-refractivity contribution in [2.24, 2.45) is 28.6 Å². The SMILES string of the molecule is C[C@H]1[C@H](OCCOCCOCCNC(=O)CCOCC(CCC(C)(C)C)(COCCC(=O)NCCOCCOCCOC2O[C@H](CO)[C@H](O)[C@H](O)[C@H]2C)COCCC(=O)NCCOCCOCCO[C@@H]2O[C@H](CO)[C@H](O)[C@H](O)[C@H]2C)O[C@H](CO)[C@H](O)[C@@H]1O. The van der Waals surface area contributed by atoms with Gasteiger partial charge in [0, 0.05) is 62.1 Å². The van der Waals surface area contributed by atoms with Gasteiger partial charge in [-0.3, -0.25) is 14.4 Å².